The van der Waals surface area contributed by atoms with Crippen molar-refractivity contribution in [2.45, 2.75) is 31.7 Å². The summed E-state index contributed by atoms with van der Waals surface area (Å²) in [6, 6.07) is 17.9. The smallest absolute Gasteiger partial charge is 0.161 e. The molecule has 2 aromatic rings. The van der Waals surface area contributed by atoms with Gasteiger partial charge in [-0.05, 0) is 60.2 Å². The molecule has 0 saturated carbocycles. The van der Waals surface area contributed by atoms with Crippen LogP contribution in [0.1, 0.15) is 36.8 Å². The second-order valence-corrected chi connectivity index (χ2v) is 7.22. The molecule has 3 nitrogen and oxygen atoms in total. The fourth-order valence-corrected chi connectivity index (χ4v) is 4.38. The first-order valence-corrected chi connectivity index (χ1v) is 9.54. The summed E-state index contributed by atoms with van der Waals surface area (Å²) in [6.45, 7) is 2.23. The van der Waals surface area contributed by atoms with E-state index in [0.29, 0.717) is 6.04 Å². The van der Waals surface area contributed by atoms with Crippen molar-refractivity contribution in [1.82, 2.24) is 4.90 Å². The van der Waals surface area contributed by atoms with Gasteiger partial charge in [0.25, 0.3) is 0 Å². The van der Waals surface area contributed by atoms with Gasteiger partial charge in [-0.3, -0.25) is 4.90 Å². The molecule has 0 aromatic heterocycles. The number of benzene rings is 2. The summed E-state index contributed by atoms with van der Waals surface area (Å²) in [5.74, 6) is 1.58. The van der Waals surface area contributed by atoms with Crippen LogP contribution < -0.4 is 9.47 Å². The van der Waals surface area contributed by atoms with Gasteiger partial charge in [0.1, 0.15) is 0 Å². The minimum Gasteiger partial charge on any atom is -0.493 e. The Balaban J connectivity index is 1.81. The van der Waals surface area contributed by atoms with Crippen molar-refractivity contribution in [2.75, 3.05) is 27.3 Å². The number of fused-ring (bicyclic) bond motifs is 1. The number of nitrogens with zero attached hydrogens (tertiary/aromatic N) is 1. The molecule has 2 heterocycles. The van der Waals surface area contributed by atoms with Crippen molar-refractivity contribution in [1.29, 1.82) is 0 Å². The Labute approximate surface area is 156 Å². The van der Waals surface area contributed by atoms with Crippen LogP contribution in [0.2, 0.25) is 0 Å². The van der Waals surface area contributed by atoms with Crippen LogP contribution in [-0.2, 0) is 0 Å². The number of hydrogen-bond acceptors (Lipinski definition) is 3. The van der Waals surface area contributed by atoms with Gasteiger partial charge in [-0.1, -0.05) is 42.8 Å². The molecule has 0 amide bonds. The molecule has 1 saturated heterocycles. The molecule has 0 radical (unpaired) electrons. The van der Waals surface area contributed by atoms with E-state index in [4.69, 9.17) is 9.47 Å². The normalized spacial score (nSPS) is 20.6. The molecule has 2 aliphatic heterocycles. The quantitative estimate of drug-likeness (QED) is 0.786. The lowest BCUT2D eigenvalue weighted by Gasteiger charge is -2.41. The average molecular weight is 349 g/mol. The maximum atomic E-state index is 5.55. The first-order chi connectivity index (χ1) is 12.8. The highest BCUT2D eigenvalue weighted by Crippen LogP contribution is 2.41. The molecule has 0 spiro atoms. The van der Waals surface area contributed by atoms with Crippen molar-refractivity contribution in [3.8, 4) is 11.5 Å². The van der Waals surface area contributed by atoms with E-state index in [1.54, 1.807) is 14.2 Å². The van der Waals surface area contributed by atoms with Gasteiger partial charge in [-0.2, -0.15) is 0 Å². The first-order valence-electron chi connectivity index (χ1n) is 9.54. The third kappa shape index (κ3) is 3.24. The molecular formula is C23H27NO2. The van der Waals surface area contributed by atoms with Crippen molar-refractivity contribution >= 4 is 11.1 Å². The molecule has 0 N–H and O–H groups in total. The summed E-state index contributed by atoms with van der Waals surface area (Å²) in [5, 5.41) is 0. The molecule has 3 heteroatoms. The third-order valence-electron chi connectivity index (χ3n) is 5.77. The molecule has 26 heavy (non-hydrogen) atoms. The summed E-state index contributed by atoms with van der Waals surface area (Å²) >= 11 is 0. The van der Waals surface area contributed by atoms with E-state index < -0.39 is 0 Å². The molecular weight excluding hydrogens is 322 g/mol. The van der Waals surface area contributed by atoms with E-state index in [2.05, 4.69) is 47.4 Å². The Bertz CT molecular complexity index is 797. The van der Waals surface area contributed by atoms with E-state index in [-0.39, 0.29) is 0 Å². The molecule has 136 valence electrons. The lowest BCUT2D eigenvalue weighted by molar-refractivity contribution is 0.165. The Morgan fingerprint density at radius 1 is 0.846 bits per heavy atom. The SMILES string of the molecule is COc1ccc(C2=C(c3ccccc3)CC3CCCCN3C2)cc1OC. The van der Waals surface area contributed by atoms with E-state index in [1.807, 2.05) is 6.07 Å². The molecule has 1 atom stereocenters. The van der Waals surface area contributed by atoms with Crippen LogP contribution >= 0.6 is 0 Å². The summed E-state index contributed by atoms with van der Waals surface area (Å²) in [7, 11) is 3.39. The lowest BCUT2D eigenvalue weighted by atomic mass is 9.83. The molecule has 0 bridgehead atoms. The van der Waals surface area contributed by atoms with Crippen LogP contribution in [0.3, 0.4) is 0 Å². The largest absolute Gasteiger partial charge is 0.493 e. The molecule has 1 fully saturated rings. The van der Waals surface area contributed by atoms with Crippen LogP contribution in [0.15, 0.2) is 48.5 Å². The van der Waals surface area contributed by atoms with Crippen molar-refractivity contribution in [3.63, 3.8) is 0 Å². The Hall–Kier alpha value is -2.26. The Kier molecular flexibility index (Phi) is 4.98. The van der Waals surface area contributed by atoms with E-state index in [0.717, 1.165) is 24.5 Å². The second kappa shape index (κ2) is 7.55. The molecule has 4 rings (SSSR count). The second-order valence-electron chi connectivity index (χ2n) is 7.22. The zero-order valence-electron chi connectivity index (χ0n) is 15.7. The van der Waals surface area contributed by atoms with Gasteiger partial charge < -0.3 is 9.47 Å². The maximum Gasteiger partial charge on any atom is 0.161 e. The summed E-state index contributed by atoms with van der Waals surface area (Å²) in [5.41, 5.74) is 5.50. The number of methoxy groups -OCH3 is 2. The molecule has 2 aromatic carbocycles. The Morgan fingerprint density at radius 3 is 2.42 bits per heavy atom. The highest BCUT2D eigenvalue weighted by Gasteiger charge is 2.31. The highest BCUT2D eigenvalue weighted by molar-refractivity contribution is 5.93. The third-order valence-corrected chi connectivity index (χ3v) is 5.77. The van der Waals surface area contributed by atoms with Crippen LogP contribution in [0.5, 0.6) is 11.5 Å². The van der Waals surface area contributed by atoms with Gasteiger partial charge in [-0.25, -0.2) is 0 Å². The zero-order chi connectivity index (χ0) is 17.9. The predicted octanol–water partition coefficient (Wildman–Crippen LogP) is 4.87. The molecule has 0 aliphatic carbocycles. The lowest BCUT2D eigenvalue weighted by Crippen LogP contribution is -2.43. The summed E-state index contributed by atoms with van der Waals surface area (Å²) in [6.07, 6.45) is 5.12. The summed E-state index contributed by atoms with van der Waals surface area (Å²) in [4.78, 5) is 2.67. The van der Waals surface area contributed by atoms with Crippen molar-refractivity contribution < 1.29 is 9.47 Å². The topological polar surface area (TPSA) is 21.7 Å². The Morgan fingerprint density at radius 2 is 1.65 bits per heavy atom. The monoisotopic (exact) mass is 349 g/mol. The van der Waals surface area contributed by atoms with Gasteiger partial charge in [-0.15, -0.1) is 0 Å². The number of rotatable bonds is 4. The maximum absolute atomic E-state index is 5.55. The zero-order valence-corrected chi connectivity index (χ0v) is 15.7. The standard InChI is InChI=1S/C23H27NO2/c1-25-22-12-11-18(14-23(22)26-2)21-16-24-13-7-6-10-19(24)15-20(21)17-8-4-3-5-9-17/h3-5,8-9,11-12,14,19H,6-7,10,13,15-16H2,1-2H3. The van der Waals surface area contributed by atoms with Gasteiger partial charge in [0, 0.05) is 12.6 Å². The van der Waals surface area contributed by atoms with Gasteiger partial charge in [0.15, 0.2) is 11.5 Å². The van der Waals surface area contributed by atoms with Crippen LogP contribution in [0, 0.1) is 0 Å². The molecule has 2 aliphatic rings. The van der Waals surface area contributed by atoms with Crippen LogP contribution in [0.25, 0.3) is 11.1 Å². The summed E-state index contributed by atoms with van der Waals surface area (Å²) < 4.78 is 11.0. The fourth-order valence-electron chi connectivity index (χ4n) is 4.38. The number of piperidine rings is 1. The number of ether oxygens (including phenoxy) is 2. The minimum absolute atomic E-state index is 0.683. The number of hydrogen-bond donors (Lipinski definition) is 0. The fraction of sp³-hybridized carbons (Fsp3) is 0.391. The van der Waals surface area contributed by atoms with E-state index in [9.17, 15) is 0 Å². The van der Waals surface area contributed by atoms with Crippen molar-refractivity contribution in [2.24, 2.45) is 0 Å². The highest BCUT2D eigenvalue weighted by atomic mass is 16.5. The molecule has 1 unspecified atom stereocenters. The van der Waals surface area contributed by atoms with E-state index in [1.165, 1.54) is 48.1 Å². The van der Waals surface area contributed by atoms with Crippen LogP contribution in [0.4, 0.5) is 0 Å². The van der Waals surface area contributed by atoms with Crippen LogP contribution in [-0.4, -0.2) is 38.3 Å². The first kappa shape index (κ1) is 17.2. The van der Waals surface area contributed by atoms with Crippen molar-refractivity contribution in [3.05, 3.63) is 59.7 Å². The minimum atomic E-state index is 0.683. The van der Waals surface area contributed by atoms with E-state index >= 15 is 0 Å². The van der Waals surface area contributed by atoms with Gasteiger partial charge in [0.05, 0.1) is 14.2 Å². The predicted molar refractivity (Wildman–Crippen MR) is 107 cm³/mol. The average Bonchev–Trinajstić information content (AvgIpc) is 2.73. The van der Waals surface area contributed by atoms with Gasteiger partial charge >= 0.3 is 0 Å². The van der Waals surface area contributed by atoms with Gasteiger partial charge in [0.2, 0.25) is 0 Å².